The summed E-state index contributed by atoms with van der Waals surface area (Å²) in [6.07, 6.45) is -2.57. The van der Waals surface area contributed by atoms with E-state index in [1.807, 2.05) is 0 Å². The Hall–Kier alpha value is -3.36. The maximum absolute atomic E-state index is 14.2. The molecule has 0 saturated carbocycles. The second-order valence-electron chi connectivity index (χ2n) is 7.95. The van der Waals surface area contributed by atoms with Crippen molar-refractivity contribution in [1.82, 2.24) is 4.98 Å². The highest BCUT2D eigenvalue weighted by molar-refractivity contribution is 5.79. The fraction of sp³-hybridized carbons (Fsp3) is 0.292. The van der Waals surface area contributed by atoms with Crippen molar-refractivity contribution in [2.24, 2.45) is 5.92 Å². The van der Waals surface area contributed by atoms with Gasteiger partial charge in [-0.05, 0) is 59.9 Å². The predicted octanol–water partition coefficient (Wildman–Crippen LogP) is 6.08. The van der Waals surface area contributed by atoms with E-state index in [1.54, 1.807) is 38.2 Å². The molecule has 0 fully saturated rings. The molecule has 1 aromatic heterocycles. The largest absolute Gasteiger partial charge is 0.458 e. The number of rotatable bonds is 8. The van der Waals surface area contributed by atoms with Crippen LogP contribution in [0.3, 0.4) is 0 Å². The molecule has 0 aliphatic carbocycles. The molecule has 0 amide bonds. The van der Waals surface area contributed by atoms with Crippen molar-refractivity contribution < 1.29 is 31.5 Å². The summed E-state index contributed by atoms with van der Waals surface area (Å²) in [6.45, 7) is 3.30. The van der Waals surface area contributed by atoms with Crippen LogP contribution >= 0.6 is 0 Å². The van der Waals surface area contributed by atoms with Crippen LogP contribution in [-0.4, -0.2) is 17.0 Å². The van der Waals surface area contributed by atoms with E-state index < -0.39 is 29.6 Å². The predicted molar refractivity (Wildman–Crippen MR) is 113 cm³/mol. The Morgan fingerprint density at radius 3 is 2.48 bits per heavy atom. The molecule has 0 aliphatic heterocycles. The lowest BCUT2D eigenvalue weighted by Crippen LogP contribution is -2.36. The first-order chi connectivity index (χ1) is 15.5. The molecule has 3 rings (SSSR count). The number of anilines is 1. The lowest BCUT2D eigenvalue weighted by Gasteiger charge is -2.22. The minimum atomic E-state index is -4.67. The molecule has 2 aromatic carbocycles. The van der Waals surface area contributed by atoms with Crippen molar-refractivity contribution in [3.8, 4) is 0 Å². The highest BCUT2D eigenvalue weighted by Gasteiger charge is 2.32. The van der Waals surface area contributed by atoms with Crippen LogP contribution in [0, 0.1) is 17.6 Å². The summed E-state index contributed by atoms with van der Waals surface area (Å²) in [5.41, 5.74) is 0.839. The Labute approximate surface area is 187 Å². The third kappa shape index (κ3) is 6.34. The zero-order valence-electron chi connectivity index (χ0n) is 18.0. The number of hydrogen-bond acceptors (Lipinski definition) is 3. The fourth-order valence-corrected chi connectivity index (χ4v) is 3.31. The van der Waals surface area contributed by atoms with E-state index in [-0.39, 0.29) is 24.0 Å². The van der Waals surface area contributed by atoms with Gasteiger partial charge < -0.3 is 15.0 Å². The summed E-state index contributed by atoms with van der Waals surface area (Å²) >= 11 is 0. The van der Waals surface area contributed by atoms with Gasteiger partial charge in [0.15, 0.2) is 0 Å². The number of H-pyrrole nitrogens is 1. The summed E-state index contributed by atoms with van der Waals surface area (Å²) in [4.78, 5) is 15.7. The summed E-state index contributed by atoms with van der Waals surface area (Å²) in [5.74, 6) is -2.49. The molecule has 0 saturated heterocycles. The van der Waals surface area contributed by atoms with Crippen LogP contribution in [0.25, 0.3) is 0 Å². The van der Waals surface area contributed by atoms with Crippen molar-refractivity contribution in [2.45, 2.75) is 39.1 Å². The van der Waals surface area contributed by atoms with E-state index in [1.165, 1.54) is 12.1 Å². The highest BCUT2D eigenvalue weighted by atomic mass is 19.4. The standard InChI is InChI=1S/C24H23F5N2O2/c1-14(2)22(31-20-7-6-17(12-19(20)26)24(27,28)29)23(32)33-13-21-16(8-9-30-21)10-15-4-3-5-18(25)11-15/h3-9,11-12,14,22,30-31H,10,13H2,1-2H3. The topological polar surface area (TPSA) is 54.1 Å². The average Bonchev–Trinajstić information content (AvgIpc) is 3.17. The molecule has 4 nitrogen and oxygen atoms in total. The Morgan fingerprint density at radius 2 is 1.85 bits per heavy atom. The first-order valence-corrected chi connectivity index (χ1v) is 10.2. The molecule has 1 unspecified atom stereocenters. The first-order valence-electron chi connectivity index (χ1n) is 10.2. The summed E-state index contributed by atoms with van der Waals surface area (Å²) in [5, 5.41) is 2.65. The number of carbonyl (C=O) groups excluding carboxylic acids is 1. The average molecular weight is 466 g/mol. The second kappa shape index (κ2) is 10.1. The number of nitrogens with one attached hydrogen (secondary N) is 2. The van der Waals surface area contributed by atoms with Crippen LogP contribution in [0.4, 0.5) is 27.6 Å². The maximum atomic E-state index is 14.2. The molecule has 3 aromatic rings. The molecule has 2 N–H and O–H groups in total. The normalized spacial score (nSPS) is 12.6. The molecule has 176 valence electrons. The number of ether oxygens (including phenoxy) is 1. The molecule has 0 bridgehead atoms. The number of halogens is 5. The van der Waals surface area contributed by atoms with Gasteiger partial charge in [0.25, 0.3) is 0 Å². The fourth-order valence-electron chi connectivity index (χ4n) is 3.31. The van der Waals surface area contributed by atoms with Gasteiger partial charge >= 0.3 is 12.1 Å². The van der Waals surface area contributed by atoms with Gasteiger partial charge in [-0.1, -0.05) is 26.0 Å². The highest BCUT2D eigenvalue weighted by Crippen LogP contribution is 2.31. The van der Waals surface area contributed by atoms with E-state index in [0.29, 0.717) is 18.2 Å². The first kappa shape index (κ1) is 24.3. The van der Waals surface area contributed by atoms with Crippen molar-refractivity contribution in [1.29, 1.82) is 0 Å². The van der Waals surface area contributed by atoms with Gasteiger partial charge in [-0.15, -0.1) is 0 Å². The summed E-state index contributed by atoms with van der Waals surface area (Å²) in [7, 11) is 0. The minimum absolute atomic E-state index is 0.100. The van der Waals surface area contributed by atoms with Crippen molar-refractivity contribution >= 4 is 11.7 Å². The van der Waals surface area contributed by atoms with Crippen molar-refractivity contribution in [2.75, 3.05) is 5.32 Å². The molecule has 1 atom stereocenters. The quantitative estimate of drug-likeness (QED) is 0.312. The number of hydrogen-bond donors (Lipinski definition) is 2. The lowest BCUT2D eigenvalue weighted by atomic mass is 10.0. The van der Waals surface area contributed by atoms with Crippen LogP contribution in [0.5, 0.6) is 0 Å². The summed E-state index contributed by atoms with van der Waals surface area (Å²) < 4.78 is 71.3. The summed E-state index contributed by atoms with van der Waals surface area (Å²) in [6, 6.07) is 9.03. The monoisotopic (exact) mass is 466 g/mol. The van der Waals surface area contributed by atoms with Crippen molar-refractivity contribution in [3.63, 3.8) is 0 Å². The molecule has 9 heteroatoms. The van der Waals surface area contributed by atoms with Crippen LogP contribution in [0.2, 0.25) is 0 Å². The number of esters is 1. The molecule has 0 radical (unpaired) electrons. The number of carbonyl (C=O) groups is 1. The van der Waals surface area contributed by atoms with Crippen LogP contribution in [-0.2, 0) is 28.7 Å². The zero-order valence-corrected chi connectivity index (χ0v) is 18.0. The minimum Gasteiger partial charge on any atom is -0.458 e. The van der Waals surface area contributed by atoms with Gasteiger partial charge in [-0.2, -0.15) is 13.2 Å². The maximum Gasteiger partial charge on any atom is 0.416 e. The molecule has 1 heterocycles. The van der Waals surface area contributed by atoms with Gasteiger partial charge in [0.2, 0.25) is 0 Å². The smallest absolute Gasteiger partial charge is 0.416 e. The third-order valence-electron chi connectivity index (χ3n) is 5.10. The van der Waals surface area contributed by atoms with E-state index in [4.69, 9.17) is 4.74 Å². The number of benzene rings is 2. The Bertz CT molecular complexity index is 1110. The van der Waals surface area contributed by atoms with Gasteiger partial charge in [0.1, 0.15) is 24.3 Å². The molecule has 0 aliphatic rings. The van der Waals surface area contributed by atoms with Gasteiger partial charge in [0.05, 0.1) is 16.9 Å². The number of aromatic amines is 1. The molecule has 0 spiro atoms. The SMILES string of the molecule is CC(C)C(Nc1ccc(C(F)(F)F)cc1F)C(=O)OCc1[nH]ccc1Cc1cccc(F)c1. The van der Waals surface area contributed by atoms with E-state index >= 15 is 0 Å². The molecular weight excluding hydrogens is 443 g/mol. The van der Waals surface area contributed by atoms with E-state index in [9.17, 15) is 26.7 Å². The van der Waals surface area contributed by atoms with E-state index in [2.05, 4.69) is 10.3 Å². The number of alkyl halides is 3. The van der Waals surface area contributed by atoms with Crippen molar-refractivity contribution in [3.05, 3.63) is 88.7 Å². The van der Waals surface area contributed by atoms with E-state index in [0.717, 1.165) is 23.3 Å². The van der Waals surface area contributed by atoms with Gasteiger partial charge in [-0.25, -0.2) is 13.6 Å². The molecular formula is C24H23F5N2O2. The Balaban J connectivity index is 1.67. The zero-order chi connectivity index (χ0) is 24.2. The van der Waals surface area contributed by atoms with Crippen LogP contribution in [0.15, 0.2) is 54.7 Å². The van der Waals surface area contributed by atoms with Crippen LogP contribution < -0.4 is 5.32 Å². The van der Waals surface area contributed by atoms with Crippen LogP contribution in [0.1, 0.15) is 36.2 Å². The molecule has 33 heavy (non-hydrogen) atoms. The third-order valence-corrected chi connectivity index (χ3v) is 5.10. The van der Waals surface area contributed by atoms with Gasteiger partial charge in [-0.3, -0.25) is 0 Å². The Morgan fingerprint density at radius 1 is 1.09 bits per heavy atom. The lowest BCUT2D eigenvalue weighted by molar-refractivity contribution is -0.147. The number of aromatic nitrogens is 1. The second-order valence-corrected chi connectivity index (χ2v) is 7.95. The van der Waals surface area contributed by atoms with Gasteiger partial charge in [0, 0.05) is 6.20 Å². The Kier molecular flexibility index (Phi) is 7.40.